The number of fused-ring (bicyclic) bond motifs is 1. The van der Waals surface area contributed by atoms with Crippen LogP contribution in [0.5, 0.6) is 0 Å². The van der Waals surface area contributed by atoms with Gasteiger partial charge >= 0.3 is 0 Å². The minimum Gasteiger partial charge on any atom is -0.375 e. The van der Waals surface area contributed by atoms with E-state index < -0.39 is 0 Å². The minimum atomic E-state index is -0.109. The molecule has 2 aromatic heterocycles. The number of nitrogen functional groups attached to an aromatic ring is 1. The van der Waals surface area contributed by atoms with Crippen LogP contribution in [-0.2, 0) is 12.8 Å². The monoisotopic (exact) mass is 428 g/mol. The average molecular weight is 429 g/mol. The number of thiazole rings is 1. The van der Waals surface area contributed by atoms with Crippen LogP contribution in [0.3, 0.4) is 0 Å². The SMILES string of the molecule is Nc1nc(C[C@@H](N)Cc2ccc(Cl)c(Cl)c2)c(-c2ccc3cnccc3c2)s1. The van der Waals surface area contributed by atoms with Crippen molar-refractivity contribution in [1.82, 2.24) is 9.97 Å². The number of hydrogen-bond acceptors (Lipinski definition) is 5. The van der Waals surface area contributed by atoms with Gasteiger partial charge in [-0.2, -0.15) is 0 Å². The van der Waals surface area contributed by atoms with Crippen LogP contribution in [0.25, 0.3) is 21.2 Å². The zero-order valence-corrected chi connectivity index (χ0v) is 17.2. The molecule has 4 aromatic rings. The highest BCUT2D eigenvalue weighted by atomic mass is 35.5. The number of hydrogen-bond donors (Lipinski definition) is 2. The number of anilines is 1. The lowest BCUT2D eigenvalue weighted by Crippen LogP contribution is -2.26. The van der Waals surface area contributed by atoms with Gasteiger partial charge in [0.1, 0.15) is 0 Å². The minimum absolute atomic E-state index is 0.109. The number of pyridine rings is 1. The standard InChI is InChI=1S/C21H18Cl2N4S/c22-17-4-1-12(8-18(17)23)7-16(24)10-19-20(28-21(25)27-19)14-2-3-15-11-26-6-5-13(15)9-14/h1-6,8-9,11,16H,7,10,24H2,(H2,25,27)/t16-/m0/s1. The molecule has 0 saturated carbocycles. The summed E-state index contributed by atoms with van der Waals surface area (Å²) in [5.41, 5.74) is 15.5. The van der Waals surface area contributed by atoms with Crippen LogP contribution in [0.4, 0.5) is 5.13 Å². The first-order chi connectivity index (χ1) is 13.5. The molecule has 0 radical (unpaired) electrons. The number of rotatable bonds is 5. The first-order valence-corrected chi connectivity index (χ1v) is 10.4. The zero-order chi connectivity index (χ0) is 19.7. The van der Waals surface area contributed by atoms with Crippen molar-refractivity contribution in [3.05, 3.63) is 76.2 Å². The lowest BCUT2D eigenvalue weighted by atomic mass is 10.0. The highest BCUT2D eigenvalue weighted by Crippen LogP contribution is 2.34. The quantitative estimate of drug-likeness (QED) is 0.448. The van der Waals surface area contributed by atoms with Gasteiger partial charge in [-0.3, -0.25) is 4.98 Å². The normalized spacial score (nSPS) is 12.4. The fourth-order valence-corrected chi connectivity index (χ4v) is 4.43. The first kappa shape index (κ1) is 19.2. The first-order valence-electron chi connectivity index (χ1n) is 8.78. The molecule has 0 aliphatic carbocycles. The molecule has 142 valence electrons. The van der Waals surface area contributed by atoms with E-state index in [1.807, 2.05) is 24.4 Å². The van der Waals surface area contributed by atoms with E-state index in [1.165, 1.54) is 11.3 Å². The topological polar surface area (TPSA) is 77.8 Å². The van der Waals surface area contributed by atoms with Gasteiger partial charge < -0.3 is 11.5 Å². The molecule has 0 amide bonds. The maximum atomic E-state index is 6.41. The van der Waals surface area contributed by atoms with Gasteiger partial charge in [0.2, 0.25) is 0 Å². The van der Waals surface area contributed by atoms with E-state index in [2.05, 4.69) is 28.2 Å². The van der Waals surface area contributed by atoms with Gasteiger partial charge in [0, 0.05) is 30.2 Å². The summed E-state index contributed by atoms with van der Waals surface area (Å²) in [5, 5.41) is 3.85. The Balaban J connectivity index is 1.59. The third-order valence-corrected chi connectivity index (χ3v) is 6.27. The Hall–Kier alpha value is -2.18. The van der Waals surface area contributed by atoms with Gasteiger partial charge in [-0.25, -0.2) is 4.98 Å². The summed E-state index contributed by atoms with van der Waals surface area (Å²) in [6, 6.07) is 13.8. The molecular formula is C21H18Cl2N4S. The zero-order valence-electron chi connectivity index (χ0n) is 14.9. The number of nitrogens with zero attached hydrogens (tertiary/aromatic N) is 2. The van der Waals surface area contributed by atoms with Gasteiger partial charge in [0.05, 0.1) is 20.6 Å². The lowest BCUT2D eigenvalue weighted by Gasteiger charge is -2.12. The lowest BCUT2D eigenvalue weighted by molar-refractivity contribution is 0.657. The maximum absolute atomic E-state index is 6.41. The Morgan fingerprint density at radius 3 is 2.64 bits per heavy atom. The van der Waals surface area contributed by atoms with Crippen molar-refractivity contribution >= 4 is 50.4 Å². The number of halogens is 2. The molecule has 0 saturated heterocycles. The summed E-state index contributed by atoms with van der Waals surface area (Å²) in [4.78, 5) is 9.76. The molecule has 4 N–H and O–H groups in total. The van der Waals surface area contributed by atoms with Crippen LogP contribution < -0.4 is 11.5 Å². The van der Waals surface area contributed by atoms with E-state index in [4.69, 9.17) is 34.7 Å². The van der Waals surface area contributed by atoms with E-state index in [0.29, 0.717) is 28.0 Å². The summed E-state index contributed by atoms with van der Waals surface area (Å²) in [6.45, 7) is 0. The Kier molecular flexibility index (Phi) is 5.51. The second-order valence-electron chi connectivity index (χ2n) is 6.68. The van der Waals surface area contributed by atoms with Gasteiger partial charge in [-0.15, -0.1) is 0 Å². The molecule has 2 aromatic carbocycles. The van der Waals surface area contributed by atoms with Crippen molar-refractivity contribution in [2.24, 2.45) is 5.73 Å². The van der Waals surface area contributed by atoms with Crippen LogP contribution in [0.2, 0.25) is 10.0 Å². The summed E-state index contributed by atoms with van der Waals surface area (Å²) in [5.74, 6) is 0. The van der Waals surface area contributed by atoms with Gasteiger partial charge in [0.15, 0.2) is 5.13 Å². The molecule has 7 heteroatoms. The van der Waals surface area contributed by atoms with E-state index in [-0.39, 0.29) is 6.04 Å². The summed E-state index contributed by atoms with van der Waals surface area (Å²) in [6.07, 6.45) is 4.95. The highest BCUT2D eigenvalue weighted by molar-refractivity contribution is 7.18. The van der Waals surface area contributed by atoms with Crippen molar-refractivity contribution in [2.75, 3.05) is 5.73 Å². The van der Waals surface area contributed by atoms with E-state index in [9.17, 15) is 0 Å². The molecule has 0 fully saturated rings. The summed E-state index contributed by atoms with van der Waals surface area (Å²) >= 11 is 13.6. The Morgan fingerprint density at radius 1 is 0.964 bits per heavy atom. The molecule has 0 unspecified atom stereocenters. The van der Waals surface area contributed by atoms with Crippen LogP contribution in [0.1, 0.15) is 11.3 Å². The van der Waals surface area contributed by atoms with Crippen molar-refractivity contribution < 1.29 is 0 Å². The molecule has 28 heavy (non-hydrogen) atoms. The fraction of sp³-hybridized carbons (Fsp3) is 0.143. The third kappa shape index (κ3) is 4.13. The van der Waals surface area contributed by atoms with Crippen LogP contribution in [0.15, 0.2) is 54.9 Å². The smallest absolute Gasteiger partial charge is 0.180 e. The average Bonchev–Trinajstić information content (AvgIpc) is 3.04. The van der Waals surface area contributed by atoms with E-state index in [0.717, 1.165) is 32.5 Å². The second kappa shape index (κ2) is 8.05. The van der Waals surface area contributed by atoms with E-state index >= 15 is 0 Å². The molecule has 2 heterocycles. The molecule has 0 aliphatic rings. The maximum Gasteiger partial charge on any atom is 0.180 e. The molecule has 4 nitrogen and oxygen atoms in total. The van der Waals surface area contributed by atoms with Gasteiger partial charge in [0.25, 0.3) is 0 Å². The fourth-order valence-electron chi connectivity index (χ4n) is 3.25. The second-order valence-corrected chi connectivity index (χ2v) is 8.53. The van der Waals surface area contributed by atoms with Gasteiger partial charge in [-0.1, -0.05) is 52.7 Å². The van der Waals surface area contributed by atoms with Crippen LogP contribution in [0, 0.1) is 0 Å². The third-order valence-electron chi connectivity index (χ3n) is 4.55. The summed E-state index contributed by atoms with van der Waals surface area (Å²) < 4.78 is 0. The Morgan fingerprint density at radius 2 is 1.82 bits per heavy atom. The number of nitrogens with two attached hydrogens (primary N) is 2. The molecule has 1 atom stereocenters. The van der Waals surface area contributed by atoms with E-state index in [1.54, 1.807) is 12.3 Å². The molecule has 0 spiro atoms. The Bertz CT molecular complexity index is 1140. The predicted molar refractivity (Wildman–Crippen MR) is 119 cm³/mol. The predicted octanol–water partition coefficient (Wildman–Crippen LogP) is 5.36. The number of aromatic nitrogens is 2. The van der Waals surface area contributed by atoms with Crippen molar-refractivity contribution in [2.45, 2.75) is 18.9 Å². The summed E-state index contributed by atoms with van der Waals surface area (Å²) in [7, 11) is 0. The van der Waals surface area contributed by atoms with Gasteiger partial charge in [-0.05, 0) is 47.2 Å². The van der Waals surface area contributed by atoms with Crippen molar-refractivity contribution in [1.29, 1.82) is 0 Å². The van der Waals surface area contributed by atoms with Crippen molar-refractivity contribution in [3.8, 4) is 10.4 Å². The van der Waals surface area contributed by atoms with Crippen LogP contribution >= 0.6 is 34.5 Å². The molecule has 0 bridgehead atoms. The number of benzene rings is 2. The molecule has 4 rings (SSSR count). The molecular weight excluding hydrogens is 411 g/mol. The largest absolute Gasteiger partial charge is 0.375 e. The Labute approximate surface area is 177 Å². The highest BCUT2D eigenvalue weighted by Gasteiger charge is 2.16. The van der Waals surface area contributed by atoms with Crippen molar-refractivity contribution in [3.63, 3.8) is 0 Å². The van der Waals surface area contributed by atoms with Crippen LogP contribution in [-0.4, -0.2) is 16.0 Å². The molecule has 0 aliphatic heterocycles.